The Morgan fingerprint density at radius 1 is 1.17 bits per heavy atom. The summed E-state index contributed by atoms with van der Waals surface area (Å²) in [5.41, 5.74) is 0.587. The second-order valence-corrected chi connectivity index (χ2v) is 8.26. The van der Waals surface area contributed by atoms with Crippen LogP contribution in [-0.4, -0.2) is 64.7 Å². The number of likely N-dealkylation sites (tertiary alicyclic amines) is 1. The Hall–Kier alpha value is -1.33. The van der Waals surface area contributed by atoms with Crippen molar-refractivity contribution in [2.75, 3.05) is 33.7 Å². The molecule has 0 radical (unpaired) electrons. The first-order chi connectivity index (χ1) is 11.3. The number of piperidine rings is 1. The molecule has 1 spiro atoms. The number of carbonyl (C=O) groups is 1. The lowest BCUT2D eigenvalue weighted by molar-refractivity contribution is -0.0616. The van der Waals surface area contributed by atoms with Gasteiger partial charge in [-0.25, -0.2) is 0 Å². The third-order valence-corrected chi connectivity index (χ3v) is 6.13. The summed E-state index contributed by atoms with van der Waals surface area (Å²) in [6.45, 7) is 2.44. The highest BCUT2D eigenvalue weighted by molar-refractivity contribution is 5.92. The van der Waals surface area contributed by atoms with Crippen LogP contribution in [0.3, 0.4) is 0 Å². The van der Waals surface area contributed by atoms with Crippen LogP contribution in [-0.2, 0) is 7.05 Å². The average molecular weight is 333 g/mol. The minimum absolute atomic E-state index is 0.150. The molecule has 5 heteroatoms. The van der Waals surface area contributed by atoms with Gasteiger partial charge in [0.05, 0.1) is 5.60 Å². The molecule has 1 N–H and O–H groups in total. The fraction of sp³-hybridized carbons (Fsp3) is 0.737. The van der Waals surface area contributed by atoms with E-state index < -0.39 is 5.60 Å². The molecule has 3 rings (SSSR count). The maximum Gasteiger partial charge on any atom is 0.270 e. The van der Waals surface area contributed by atoms with Crippen molar-refractivity contribution in [1.82, 2.24) is 14.4 Å². The lowest BCUT2D eigenvalue weighted by Gasteiger charge is -2.48. The molecule has 1 aliphatic carbocycles. The molecule has 2 aliphatic rings. The predicted molar refractivity (Wildman–Crippen MR) is 95.0 cm³/mol. The van der Waals surface area contributed by atoms with Crippen LogP contribution in [0.1, 0.15) is 49.0 Å². The second kappa shape index (κ2) is 6.52. The van der Waals surface area contributed by atoms with E-state index in [0.29, 0.717) is 5.41 Å². The number of aryl methyl sites for hydroxylation is 1. The molecule has 1 aromatic heterocycles. The Balaban J connectivity index is 1.56. The fourth-order valence-electron chi connectivity index (χ4n) is 4.52. The minimum atomic E-state index is -0.523. The van der Waals surface area contributed by atoms with E-state index in [1.807, 2.05) is 48.9 Å². The van der Waals surface area contributed by atoms with E-state index in [0.717, 1.165) is 63.9 Å². The molecule has 1 amide bonds. The number of aliphatic hydroxyl groups is 1. The zero-order chi connectivity index (χ0) is 17.4. The molecule has 0 unspecified atom stereocenters. The van der Waals surface area contributed by atoms with Crippen LogP contribution >= 0.6 is 0 Å². The lowest BCUT2D eigenvalue weighted by atomic mass is 9.64. The van der Waals surface area contributed by atoms with Gasteiger partial charge in [-0.15, -0.1) is 0 Å². The maximum atomic E-state index is 12.6. The van der Waals surface area contributed by atoms with Crippen molar-refractivity contribution < 1.29 is 9.90 Å². The van der Waals surface area contributed by atoms with Crippen LogP contribution in [0.15, 0.2) is 18.3 Å². The van der Waals surface area contributed by atoms with Crippen molar-refractivity contribution in [3.8, 4) is 0 Å². The molecule has 1 saturated heterocycles. The van der Waals surface area contributed by atoms with E-state index in [9.17, 15) is 9.90 Å². The summed E-state index contributed by atoms with van der Waals surface area (Å²) in [6.07, 6.45) is 8.01. The number of rotatable bonds is 3. The van der Waals surface area contributed by atoms with Crippen molar-refractivity contribution >= 4 is 5.91 Å². The molecular weight excluding hydrogens is 302 g/mol. The number of likely N-dealkylation sites (N-methyl/N-ethyl adjacent to an activating group) is 1. The SMILES string of the molecule is CN(C)CC1(O)CCC2(CCN(C(=O)c3cccn3C)CC2)CC1. The van der Waals surface area contributed by atoms with E-state index >= 15 is 0 Å². The molecular formula is C19H31N3O2. The van der Waals surface area contributed by atoms with Gasteiger partial charge >= 0.3 is 0 Å². The minimum Gasteiger partial charge on any atom is -0.389 e. The van der Waals surface area contributed by atoms with Gasteiger partial charge in [0.2, 0.25) is 0 Å². The standard InChI is InChI=1S/C19H31N3O2/c1-20(2)15-19(24)8-6-18(7-9-19)10-13-22(14-11-18)17(23)16-5-4-12-21(16)3/h4-5,12,24H,6-11,13-15H2,1-3H3. The van der Waals surface area contributed by atoms with Crippen LogP contribution in [0.25, 0.3) is 0 Å². The Morgan fingerprint density at radius 3 is 2.29 bits per heavy atom. The quantitative estimate of drug-likeness (QED) is 0.922. The smallest absolute Gasteiger partial charge is 0.270 e. The largest absolute Gasteiger partial charge is 0.389 e. The molecule has 2 fully saturated rings. The predicted octanol–water partition coefficient (Wildman–Crippen LogP) is 2.11. The van der Waals surface area contributed by atoms with Crippen LogP contribution in [0.5, 0.6) is 0 Å². The van der Waals surface area contributed by atoms with E-state index in [4.69, 9.17) is 0 Å². The zero-order valence-corrected chi connectivity index (χ0v) is 15.3. The van der Waals surface area contributed by atoms with E-state index in [1.165, 1.54) is 0 Å². The Labute approximate surface area is 145 Å². The van der Waals surface area contributed by atoms with Crippen LogP contribution in [0, 0.1) is 5.41 Å². The number of aromatic nitrogens is 1. The van der Waals surface area contributed by atoms with E-state index in [1.54, 1.807) is 0 Å². The normalized spacial score (nSPS) is 23.0. The van der Waals surface area contributed by atoms with Gasteiger partial charge in [-0.05, 0) is 70.2 Å². The van der Waals surface area contributed by atoms with Crippen molar-refractivity contribution in [2.45, 2.75) is 44.1 Å². The highest BCUT2D eigenvalue weighted by Crippen LogP contribution is 2.47. The summed E-state index contributed by atoms with van der Waals surface area (Å²) < 4.78 is 1.90. The van der Waals surface area contributed by atoms with Crippen LogP contribution < -0.4 is 0 Å². The molecule has 1 saturated carbocycles. The lowest BCUT2D eigenvalue weighted by Crippen LogP contribution is -2.50. The first kappa shape index (κ1) is 17.5. The Morgan fingerprint density at radius 2 is 1.79 bits per heavy atom. The molecule has 0 aromatic carbocycles. The van der Waals surface area contributed by atoms with Gasteiger partial charge in [0.25, 0.3) is 5.91 Å². The second-order valence-electron chi connectivity index (χ2n) is 8.26. The van der Waals surface area contributed by atoms with Crippen molar-refractivity contribution in [3.05, 3.63) is 24.0 Å². The topological polar surface area (TPSA) is 48.7 Å². The van der Waals surface area contributed by atoms with Gasteiger partial charge in [0.1, 0.15) is 5.69 Å². The van der Waals surface area contributed by atoms with Gasteiger partial charge in [0, 0.05) is 32.9 Å². The third kappa shape index (κ3) is 3.52. The zero-order valence-electron chi connectivity index (χ0n) is 15.3. The summed E-state index contributed by atoms with van der Waals surface area (Å²) in [4.78, 5) is 16.7. The summed E-state index contributed by atoms with van der Waals surface area (Å²) in [5, 5.41) is 10.7. The van der Waals surface area contributed by atoms with Crippen LogP contribution in [0.4, 0.5) is 0 Å². The average Bonchev–Trinajstić information content (AvgIpc) is 2.96. The molecule has 1 aromatic rings. The summed E-state index contributed by atoms with van der Waals surface area (Å²) >= 11 is 0. The highest BCUT2D eigenvalue weighted by atomic mass is 16.3. The molecule has 0 bridgehead atoms. The van der Waals surface area contributed by atoms with Gasteiger partial charge < -0.3 is 19.5 Å². The van der Waals surface area contributed by atoms with Gasteiger partial charge in [0.15, 0.2) is 0 Å². The van der Waals surface area contributed by atoms with Crippen molar-refractivity contribution in [2.24, 2.45) is 12.5 Å². The van der Waals surface area contributed by atoms with E-state index in [-0.39, 0.29) is 5.91 Å². The molecule has 24 heavy (non-hydrogen) atoms. The van der Waals surface area contributed by atoms with Gasteiger partial charge in [-0.2, -0.15) is 0 Å². The molecule has 5 nitrogen and oxygen atoms in total. The van der Waals surface area contributed by atoms with E-state index in [2.05, 4.69) is 4.90 Å². The monoisotopic (exact) mass is 333 g/mol. The fourth-order valence-corrected chi connectivity index (χ4v) is 4.52. The number of nitrogens with zero attached hydrogens (tertiary/aromatic N) is 3. The van der Waals surface area contributed by atoms with Crippen molar-refractivity contribution in [3.63, 3.8) is 0 Å². The first-order valence-electron chi connectivity index (χ1n) is 9.10. The number of hydrogen-bond acceptors (Lipinski definition) is 3. The van der Waals surface area contributed by atoms with Crippen LogP contribution in [0.2, 0.25) is 0 Å². The first-order valence-corrected chi connectivity index (χ1v) is 9.10. The molecule has 0 atom stereocenters. The molecule has 134 valence electrons. The van der Waals surface area contributed by atoms with Gasteiger partial charge in [-0.3, -0.25) is 4.79 Å². The number of carbonyl (C=O) groups excluding carboxylic acids is 1. The van der Waals surface area contributed by atoms with Crippen molar-refractivity contribution in [1.29, 1.82) is 0 Å². The Kier molecular flexibility index (Phi) is 4.76. The molecule has 1 aliphatic heterocycles. The Bertz CT molecular complexity index is 575. The third-order valence-electron chi connectivity index (χ3n) is 6.13. The number of hydrogen-bond donors (Lipinski definition) is 1. The number of amides is 1. The molecule has 2 heterocycles. The maximum absolute atomic E-state index is 12.6. The van der Waals surface area contributed by atoms with Gasteiger partial charge in [-0.1, -0.05) is 0 Å². The highest BCUT2D eigenvalue weighted by Gasteiger charge is 2.44. The summed E-state index contributed by atoms with van der Waals surface area (Å²) in [7, 11) is 5.97. The summed E-state index contributed by atoms with van der Waals surface area (Å²) in [5.74, 6) is 0.150. The summed E-state index contributed by atoms with van der Waals surface area (Å²) in [6, 6.07) is 3.82.